The second kappa shape index (κ2) is 8.56. The number of carboxylic acids is 1. The minimum Gasteiger partial charge on any atom is -0.480 e. The molecule has 4 nitrogen and oxygen atoms in total. The number of thioether (sulfide) groups is 1. The first-order valence-electron chi connectivity index (χ1n) is 7.94. The summed E-state index contributed by atoms with van der Waals surface area (Å²) in [5.74, 6) is -0.724. The Morgan fingerprint density at radius 1 is 1.36 bits per heavy atom. The number of aliphatic carboxylic acids is 1. The van der Waals surface area contributed by atoms with Gasteiger partial charge >= 0.3 is 5.97 Å². The highest BCUT2D eigenvalue weighted by Gasteiger charge is 2.25. The molecule has 1 aliphatic heterocycles. The highest BCUT2D eigenvalue weighted by atomic mass is 32.2. The molecule has 0 saturated carbocycles. The van der Waals surface area contributed by atoms with Gasteiger partial charge in [0.25, 0.3) is 0 Å². The van der Waals surface area contributed by atoms with Gasteiger partial charge in [0.15, 0.2) is 0 Å². The molecular weight excluding hydrogens is 296 g/mol. The number of hydrogen-bond acceptors (Lipinski definition) is 4. The largest absolute Gasteiger partial charge is 0.480 e. The lowest BCUT2D eigenvalue weighted by atomic mass is 10.0. The molecule has 1 heterocycles. The summed E-state index contributed by atoms with van der Waals surface area (Å²) >= 11 is 1.80. The molecule has 1 aliphatic rings. The van der Waals surface area contributed by atoms with Crippen molar-refractivity contribution in [2.24, 2.45) is 0 Å². The van der Waals surface area contributed by atoms with E-state index in [-0.39, 0.29) is 6.54 Å². The zero-order chi connectivity index (χ0) is 15.9. The maximum Gasteiger partial charge on any atom is 0.317 e. The SMILES string of the molecule is CCN(CC(=O)O)C1CCN(Cc2ccccc2SC)CC1. The normalized spacial score (nSPS) is 17.0. The van der Waals surface area contributed by atoms with Gasteiger partial charge in [-0.3, -0.25) is 14.6 Å². The van der Waals surface area contributed by atoms with E-state index in [2.05, 4.69) is 40.3 Å². The van der Waals surface area contributed by atoms with Gasteiger partial charge in [-0.2, -0.15) is 0 Å². The molecule has 22 heavy (non-hydrogen) atoms. The summed E-state index contributed by atoms with van der Waals surface area (Å²) in [5.41, 5.74) is 1.39. The molecule has 0 spiro atoms. The maximum absolute atomic E-state index is 10.9. The van der Waals surface area contributed by atoms with Crippen LogP contribution in [-0.4, -0.2) is 59.4 Å². The Morgan fingerprint density at radius 2 is 2.05 bits per heavy atom. The minimum atomic E-state index is -0.724. The Balaban J connectivity index is 1.88. The lowest BCUT2D eigenvalue weighted by Crippen LogP contribution is -2.46. The lowest BCUT2D eigenvalue weighted by molar-refractivity contribution is -0.139. The molecule has 5 heteroatoms. The van der Waals surface area contributed by atoms with Gasteiger partial charge in [0.1, 0.15) is 0 Å². The Kier molecular flexibility index (Phi) is 6.73. The summed E-state index contributed by atoms with van der Waals surface area (Å²) in [4.78, 5) is 16.9. The quantitative estimate of drug-likeness (QED) is 0.782. The molecule has 1 aromatic rings. The molecule has 0 atom stereocenters. The number of piperidine rings is 1. The molecule has 0 aromatic heterocycles. The predicted octanol–water partition coefficient (Wildman–Crippen LogP) is 2.78. The van der Waals surface area contributed by atoms with Crippen LogP contribution in [0.5, 0.6) is 0 Å². The average Bonchev–Trinajstić information content (AvgIpc) is 2.54. The third-order valence-corrected chi connectivity index (χ3v) is 5.24. The van der Waals surface area contributed by atoms with E-state index in [9.17, 15) is 4.79 Å². The van der Waals surface area contributed by atoms with E-state index in [4.69, 9.17) is 5.11 Å². The van der Waals surface area contributed by atoms with Crippen LogP contribution in [0.3, 0.4) is 0 Å². The second-order valence-corrected chi connectivity index (χ2v) is 6.62. The van der Waals surface area contributed by atoms with Crippen molar-refractivity contribution in [2.45, 2.75) is 37.2 Å². The van der Waals surface area contributed by atoms with Gasteiger partial charge < -0.3 is 5.11 Å². The van der Waals surface area contributed by atoms with Gasteiger partial charge in [0.2, 0.25) is 0 Å². The minimum absolute atomic E-state index is 0.163. The molecule has 1 N–H and O–H groups in total. The van der Waals surface area contributed by atoms with Gasteiger partial charge in [0, 0.05) is 17.5 Å². The van der Waals surface area contributed by atoms with Gasteiger partial charge in [-0.05, 0) is 50.4 Å². The van der Waals surface area contributed by atoms with Crippen LogP contribution in [0.15, 0.2) is 29.2 Å². The van der Waals surface area contributed by atoms with Crippen LogP contribution in [-0.2, 0) is 11.3 Å². The van der Waals surface area contributed by atoms with E-state index in [0.29, 0.717) is 6.04 Å². The van der Waals surface area contributed by atoms with Gasteiger partial charge in [-0.1, -0.05) is 25.1 Å². The second-order valence-electron chi connectivity index (χ2n) is 5.78. The van der Waals surface area contributed by atoms with Crippen molar-refractivity contribution in [1.82, 2.24) is 9.80 Å². The lowest BCUT2D eigenvalue weighted by Gasteiger charge is -2.37. The molecule has 1 saturated heterocycles. The Hall–Kier alpha value is -1.04. The van der Waals surface area contributed by atoms with Gasteiger partial charge in [-0.25, -0.2) is 0 Å². The number of benzene rings is 1. The number of rotatable bonds is 7. The van der Waals surface area contributed by atoms with E-state index in [1.165, 1.54) is 10.5 Å². The number of likely N-dealkylation sites (tertiary alicyclic amines) is 1. The summed E-state index contributed by atoms with van der Waals surface area (Å²) in [6.45, 7) is 6.11. The Morgan fingerprint density at radius 3 is 2.64 bits per heavy atom. The predicted molar refractivity (Wildman–Crippen MR) is 91.4 cm³/mol. The van der Waals surface area contributed by atoms with Gasteiger partial charge in [0.05, 0.1) is 6.54 Å². The smallest absolute Gasteiger partial charge is 0.317 e. The fraction of sp³-hybridized carbons (Fsp3) is 0.588. The molecule has 0 radical (unpaired) electrons. The number of carboxylic acid groups (broad SMARTS) is 1. The molecule has 0 aliphatic carbocycles. The third kappa shape index (κ3) is 4.73. The summed E-state index contributed by atoms with van der Waals surface area (Å²) in [5, 5.41) is 9.00. The highest BCUT2D eigenvalue weighted by molar-refractivity contribution is 7.98. The summed E-state index contributed by atoms with van der Waals surface area (Å²) in [6, 6.07) is 8.99. The van der Waals surface area contributed by atoms with Crippen molar-refractivity contribution in [2.75, 3.05) is 32.4 Å². The molecule has 2 rings (SSSR count). The van der Waals surface area contributed by atoms with Crippen molar-refractivity contribution in [3.05, 3.63) is 29.8 Å². The van der Waals surface area contributed by atoms with Crippen molar-refractivity contribution >= 4 is 17.7 Å². The van der Waals surface area contributed by atoms with E-state index in [1.54, 1.807) is 11.8 Å². The molecular formula is C17H26N2O2S. The van der Waals surface area contributed by atoms with Crippen LogP contribution in [0.2, 0.25) is 0 Å². The summed E-state index contributed by atoms with van der Waals surface area (Å²) in [7, 11) is 0. The maximum atomic E-state index is 10.9. The highest BCUT2D eigenvalue weighted by Crippen LogP contribution is 2.24. The first kappa shape index (κ1) is 17.3. The molecule has 0 bridgehead atoms. The van der Waals surface area contributed by atoms with E-state index in [0.717, 1.165) is 39.0 Å². The Labute approximate surface area is 137 Å². The number of carbonyl (C=O) groups is 1. The van der Waals surface area contributed by atoms with Crippen LogP contribution in [0.4, 0.5) is 0 Å². The molecule has 0 unspecified atom stereocenters. The number of nitrogens with zero attached hydrogens (tertiary/aromatic N) is 2. The molecule has 1 aromatic carbocycles. The molecule has 1 fully saturated rings. The third-order valence-electron chi connectivity index (χ3n) is 4.40. The van der Waals surface area contributed by atoms with E-state index in [1.807, 2.05) is 6.92 Å². The van der Waals surface area contributed by atoms with Crippen molar-refractivity contribution in [3.63, 3.8) is 0 Å². The van der Waals surface area contributed by atoms with Crippen LogP contribution in [0, 0.1) is 0 Å². The van der Waals surface area contributed by atoms with Crippen LogP contribution >= 0.6 is 11.8 Å². The zero-order valence-corrected chi connectivity index (χ0v) is 14.3. The zero-order valence-electron chi connectivity index (χ0n) is 13.5. The van der Waals surface area contributed by atoms with Gasteiger partial charge in [-0.15, -0.1) is 11.8 Å². The summed E-state index contributed by atoms with van der Waals surface area (Å²) in [6.07, 6.45) is 4.24. The van der Waals surface area contributed by atoms with Crippen molar-refractivity contribution in [1.29, 1.82) is 0 Å². The van der Waals surface area contributed by atoms with Crippen LogP contribution in [0.25, 0.3) is 0 Å². The van der Waals surface area contributed by atoms with Crippen molar-refractivity contribution in [3.8, 4) is 0 Å². The topological polar surface area (TPSA) is 43.8 Å². The summed E-state index contributed by atoms with van der Waals surface area (Å²) < 4.78 is 0. The first-order valence-corrected chi connectivity index (χ1v) is 9.16. The fourth-order valence-corrected chi connectivity index (χ4v) is 3.80. The molecule has 122 valence electrons. The fourth-order valence-electron chi connectivity index (χ4n) is 3.19. The van der Waals surface area contributed by atoms with Crippen molar-refractivity contribution < 1.29 is 9.90 Å². The average molecular weight is 322 g/mol. The molecule has 0 amide bonds. The monoisotopic (exact) mass is 322 g/mol. The Bertz CT molecular complexity index is 487. The van der Waals surface area contributed by atoms with Crippen LogP contribution < -0.4 is 0 Å². The van der Waals surface area contributed by atoms with E-state index >= 15 is 0 Å². The van der Waals surface area contributed by atoms with Crippen LogP contribution in [0.1, 0.15) is 25.3 Å². The number of hydrogen-bond donors (Lipinski definition) is 1. The standard InChI is InChI=1S/C17H26N2O2S/c1-3-19(13-17(20)21)15-8-10-18(11-9-15)12-14-6-4-5-7-16(14)22-2/h4-7,15H,3,8-13H2,1-2H3,(H,20,21). The number of likely N-dealkylation sites (N-methyl/N-ethyl adjacent to an activating group) is 1. The first-order chi connectivity index (χ1) is 10.6. The van der Waals surface area contributed by atoms with E-state index < -0.39 is 5.97 Å².